The summed E-state index contributed by atoms with van der Waals surface area (Å²) in [6.07, 6.45) is 24.2. The number of anilines is 4. The van der Waals surface area contributed by atoms with Crippen molar-refractivity contribution < 1.29 is 0 Å². The van der Waals surface area contributed by atoms with E-state index >= 15 is 0 Å². The standard InChI is InChI=1S/C54H42N2/c1-3-15-49(16-4-1)55(51-29-25-41-11-7-9-13-44(41)35-51)53-32-28-46-33-39(22-24-47(46)37-53)19-20-40-21-23-43-27-31-54(38-48(43)34-40)56(50-17-5-2-6-18-50)52-30-26-42-12-8-10-14-45(42)36-52/h1-15,17,19-38,49-50H,16,18H2/b20-19+. The highest BCUT2D eigenvalue weighted by molar-refractivity contribution is 5.94. The number of nitrogens with zero attached hydrogens (tertiary/aromatic N) is 2. The summed E-state index contributed by atoms with van der Waals surface area (Å²) in [5.74, 6) is 0. The largest absolute Gasteiger partial charge is 0.334 e. The number of hydrogen-bond donors (Lipinski definition) is 0. The first-order valence-corrected chi connectivity index (χ1v) is 19.7. The molecule has 2 aliphatic carbocycles. The van der Waals surface area contributed by atoms with Crippen LogP contribution < -0.4 is 9.80 Å². The molecule has 8 aromatic carbocycles. The third kappa shape index (κ3) is 6.71. The van der Waals surface area contributed by atoms with Crippen LogP contribution in [0.2, 0.25) is 0 Å². The third-order valence-electron chi connectivity index (χ3n) is 11.3. The maximum absolute atomic E-state index is 2.48. The van der Waals surface area contributed by atoms with Gasteiger partial charge in [0, 0.05) is 22.7 Å². The number of rotatable bonds is 8. The molecule has 2 nitrogen and oxygen atoms in total. The molecule has 2 heteroatoms. The molecule has 56 heavy (non-hydrogen) atoms. The molecule has 2 aliphatic rings. The van der Waals surface area contributed by atoms with Crippen molar-refractivity contribution in [2.75, 3.05) is 9.80 Å². The first kappa shape index (κ1) is 33.7. The van der Waals surface area contributed by atoms with Gasteiger partial charge in [-0.3, -0.25) is 0 Å². The Morgan fingerprint density at radius 1 is 0.339 bits per heavy atom. The van der Waals surface area contributed by atoms with Crippen LogP contribution in [0.5, 0.6) is 0 Å². The van der Waals surface area contributed by atoms with Gasteiger partial charge in [0.15, 0.2) is 0 Å². The molecular formula is C54H42N2. The fraction of sp³-hybridized carbons (Fsp3) is 0.0741. The minimum absolute atomic E-state index is 0.244. The summed E-state index contributed by atoms with van der Waals surface area (Å²) >= 11 is 0. The van der Waals surface area contributed by atoms with Gasteiger partial charge in [0.2, 0.25) is 0 Å². The molecule has 0 spiro atoms. The third-order valence-corrected chi connectivity index (χ3v) is 11.3. The van der Waals surface area contributed by atoms with Gasteiger partial charge in [-0.1, -0.05) is 158 Å². The first-order chi connectivity index (χ1) is 27.7. The Morgan fingerprint density at radius 3 is 1.18 bits per heavy atom. The molecule has 0 aliphatic heterocycles. The number of benzene rings is 8. The lowest BCUT2D eigenvalue weighted by molar-refractivity contribution is 0.786. The van der Waals surface area contributed by atoms with Crippen molar-refractivity contribution in [1.82, 2.24) is 0 Å². The van der Waals surface area contributed by atoms with Crippen LogP contribution >= 0.6 is 0 Å². The van der Waals surface area contributed by atoms with E-state index in [1.165, 1.54) is 77.0 Å². The Bertz CT molecular complexity index is 2910. The average Bonchev–Trinajstić information content (AvgIpc) is 3.26. The van der Waals surface area contributed by atoms with Crippen LogP contribution in [0.1, 0.15) is 24.0 Å². The minimum Gasteiger partial charge on any atom is -0.334 e. The molecule has 0 saturated carbocycles. The number of hydrogen-bond acceptors (Lipinski definition) is 2. The fourth-order valence-electron chi connectivity index (χ4n) is 8.44. The minimum atomic E-state index is 0.244. The molecule has 0 aromatic heterocycles. The fourth-order valence-corrected chi connectivity index (χ4v) is 8.44. The maximum Gasteiger partial charge on any atom is 0.0559 e. The van der Waals surface area contributed by atoms with E-state index < -0.39 is 0 Å². The molecule has 0 N–H and O–H groups in total. The monoisotopic (exact) mass is 718 g/mol. The van der Waals surface area contributed by atoms with Crippen LogP contribution in [-0.4, -0.2) is 12.1 Å². The van der Waals surface area contributed by atoms with Crippen LogP contribution in [0.25, 0.3) is 55.2 Å². The SMILES string of the molecule is C1=CCC(N(c2ccc3ccccc3c2)c2ccc3cc(/C=C/c4ccc5ccc(N(c6ccc7ccccc7c6)C6C=CC=CC6)cc5c4)ccc3c2)C=C1. The second-order valence-electron chi connectivity index (χ2n) is 15.0. The number of fused-ring (bicyclic) bond motifs is 4. The molecule has 2 unspecified atom stereocenters. The van der Waals surface area contributed by atoms with Crippen molar-refractivity contribution in [2.24, 2.45) is 0 Å². The molecule has 0 fully saturated rings. The highest BCUT2D eigenvalue weighted by Crippen LogP contribution is 2.37. The summed E-state index contributed by atoms with van der Waals surface area (Å²) in [4.78, 5) is 4.97. The van der Waals surface area contributed by atoms with E-state index in [-0.39, 0.29) is 12.1 Å². The molecule has 10 rings (SSSR count). The van der Waals surface area contributed by atoms with Gasteiger partial charge in [0.1, 0.15) is 0 Å². The molecule has 8 aromatic rings. The van der Waals surface area contributed by atoms with Crippen LogP contribution in [0.15, 0.2) is 206 Å². The van der Waals surface area contributed by atoms with E-state index in [4.69, 9.17) is 0 Å². The molecule has 0 radical (unpaired) electrons. The zero-order valence-corrected chi connectivity index (χ0v) is 31.2. The molecule has 2 atom stereocenters. The van der Waals surface area contributed by atoms with Crippen molar-refractivity contribution in [2.45, 2.75) is 24.9 Å². The quantitative estimate of drug-likeness (QED) is 0.144. The zero-order chi connectivity index (χ0) is 37.3. The maximum atomic E-state index is 2.48. The summed E-state index contributed by atoms with van der Waals surface area (Å²) in [5, 5.41) is 9.97. The predicted molar refractivity (Wildman–Crippen MR) is 242 cm³/mol. The van der Waals surface area contributed by atoms with E-state index in [0.29, 0.717) is 0 Å². The van der Waals surface area contributed by atoms with Gasteiger partial charge in [0.25, 0.3) is 0 Å². The van der Waals surface area contributed by atoms with Gasteiger partial charge < -0.3 is 9.80 Å². The predicted octanol–water partition coefficient (Wildman–Crippen LogP) is 14.5. The summed E-state index contributed by atoms with van der Waals surface area (Å²) < 4.78 is 0. The molecule has 0 heterocycles. The van der Waals surface area contributed by atoms with Gasteiger partial charge in [-0.15, -0.1) is 0 Å². The highest BCUT2D eigenvalue weighted by Gasteiger charge is 2.21. The van der Waals surface area contributed by atoms with Gasteiger partial charge >= 0.3 is 0 Å². The van der Waals surface area contributed by atoms with Gasteiger partial charge in [-0.2, -0.15) is 0 Å². The highest BCUT2D eigenvalue weighted by atomic mass is 15.2. The number of allylic oxidation sites excluding steroid dienone is 4. The van der Waals surface area contributed by atoms with Crippen molar-refractivity contribution in [1.29, 1.82) is 0 Å². The van der Waals surface area contributed by atoms with Crippen molar-refractivity contribution in [3.05, 3.63) is 217 Å². The Hall–Kier alpha value is -6.90. The second-order valence-corrected chi connectivity index (χ2v) is 15.0. The van der Waals surface area contributed by atoms with E-state index in [0.717, 1.165) is 12.8 Å². The Morgan fingerprint density at radius 2 is 0.696 bits per heavy atom. The molecule has 0 amide bonds. The van der Waals surface area contributed by atoms with E-state index in [1.54, 1.807) is 0 Å². The Kier molecular flexibility index (Phi) is 8.85. The van der Waals surface area contributed by atoms with Crippen LogP contribution in [0.4, 0.5) is 22.7 Å². The smallest absolute Gasteiger partial charge is 0.0559 e. The van der Waals surface area contributed by atoms with E-state index in [9.17, 15) is 0 Å². The zero-order valence-electron chi connectivity index (χ0n) is 31.2. The van der Waals surface area contributed by atoms with Gasteiger partial charge in [-0.05, 0) is 128 Å². The van der Waals surface area contributed by atoms with Gasteiger partial charge in [-0.25, -0.2) is 0 Å². The van der Waals surface area contributed by atoms with Crippen molar-refractivity contribution in [3.63, 3.8) is 0 Å². The summed E-state index contributed by atoms with van der Waals surface area (Å²) in [6.45, 7) is 0. The molecule has 0 saturated heterocycles. The van der Waals surface area contributed by atoms with Crippen molar-refractivity contribution >= 4 is 78.0 Å². The lowest BCUT2D eigenvalue weighted by Crippen LogP contribution is -2.29. The average molecular weight is 719 g/mol. The van der Waals surface area contributed by atoms with Crippen LogP contribution in [0, 0.1) is 0 Å². The molecule has 268 valence electrons. The van der Waals surface area contributed by atoms with Gasteiger partial charge in [0.05, 0.1) is 12.1 Å². The molecule has 0 bridgehead atoms. The second kappa shape index (κ2) is 14.7. The Labute approximate surface area is 328 Å². The topological polar surface area (TPSA) is 6.48 Å². The summed E-state index contributed by atoms with van der Waals surface area (Å²) in [6, 6.07) is 58.7. The first-order valence-electron chi connectivity index (χ1n) is 19.7. The summed E-state index contributed by atoms with van der Waals surface area (Å²) in [5.41, 5.74) is 7.18. The lowest BCUT2D eigenvalue weighted by atomic mass is 10.0. The van der Waals surface area contributed by atoms with E-state index in [1.807, 2.05) is 0 Å². The van der Waals surface area contributed by atoms with E-state index in [2.05, 4.69) is 228 Å². The van der Waals surface area contributed by atoms with Crippen molar-refractivity contribution in [3.8, 4) is 0 Å². The normalized spacial score (nSPS) is 16.4. The Balaban J connectivity index is 0.940. The lowest BCUT2D eigenvalue weighted by Gasteiger charge is -2.33. The summed E-state index contributed by atoms with van der Waals surface area (Å²) in [7, 11) is 0. The van der Waals surface area contributed by atoms with Crippen LogP contribution in [0.3, 0.4) is 0 Å². The van der Waals surface area contributed by atoms with Crippen LogP contribution in [-0.2, 0) is 0 Å². The molecular weight excluding hydrogens is 677 g/mol.